The van der Waals surface area contributed by atoms with E-state index in [0.717, 1.165) is 5.69 Å². The molecule has 2 nitrogen and oxygen atoms in total. The molecule has 1 heterocycles. The van der Waals surface area contributed by atoms with Crippen molar-refractivity contribution in [3.63, 3.8) is 0 Å². The monoisotopic (exact) mass is 182 g/mol. The summed E-state index contributed by atoms with van der Waals surface area (Å²) in [5.74, 6) is -0.291. The Labute approximate surface area is 78.2 Å². The van der Waals surface area contributed by atoms with Crippen LogP contribution < -0.4 is 5.32 Å². The van der Waals surface area contributed by atoms with Crippen molar-refractivity contribution < 1.29 is 4.39 Å². The molecule has 0 aromatic carbocycles. The van der Waals surface area contributed by atoms with Crippen molar-refractivity contribution in [1.82, 2.24) is 10.3 Å². The fourth-order valence-corrected chi connectivity index (χ4v) is 1.23. The number of rotatable bonds is 3. The number of pyridine rings is 1. The van der Waals surface area contributed by atoms with Crippen molar-refractivity contribution in [3.05, 3.63) is 29.8 Å². The smallest absolute Gasteiger partial charge is 0.141 e. The van der Waals surface area contributed by atoms with Crippen LogP contribution in [-0.2, 0) is 0 Å². The predicted molar refractivity (Wildman–Crippen MR) is 50.9 cm³/mol. The van der Waals surface area contributed by atoms with Crippen molar-refractivity contribution in [2.24, 2.45) is 0 Å². The van der Waals surface area contributed by atoms with E-state index >= 15 is 0 Å². The topological polar surface area (TPSA) is 24.9 Å². The van der Waals surface area contributed by atoms with E-state index < -0.39 is 0 Å². The van der Waals surface area contributed by atoms with Gasteiger partial charge < -0.3 is 5.32 Å². The van der Waals surface area contributed by atoms with Crippen LogP contribution in [0.3, 0.4) is 0 Å². The molecule has 72 valence electrons. The molecule has 1 atom stereocenters. The van der Waals surface area contributed by atoms with Gasteiger partial charge in [-0.3, -0.25) is 4.98 Å². The van der Waals surface area contributed by atoms with Gasteiger partial charge in [0.2, 0.25) is 0 Å². The second-order valence-electron chi connectivity index (χ2n) is 3.44. The van der Waals surface area contributed by atoms with Gasteiger partial charge in [-0.2, -0.15) is 0 Å². The largest absolute Gasteiger partial charge is 0.307 e. The highest BCUT2D eigenvalue weighted by Crippen LogP contribution is 2.09. The Morgan fingerprint density at radius 2 is 2.00 bits per heavy atom. The summed E-state index contributed by atoms with van der Waals surface area (Å²) in [7, 11) is 0. The Kier molecular flexibility index (Phi) is 3.37. The minimum Gasteiger partial charge on any atom is -0.307 e. The average molecular weight is 182 g/mol. The van der Waals surface area contributed by atoms with E-state index in [2.05, 4.69) is 24.1 Å². The van der Waals surface area contributed by atoms with Crippen molar-refractivity contribution >= 4 is 0 Å². The molecular weight excluding hydrogens is 167 g/mol. The SMILES string of the molecule is CC(C)NC(C)c1ccc(F)cn1. The van der Waals surface area contributed by atoms with Gasteiger partial charge in [0, 0.05) is 12.1 Å². The van der Waals surface area contributed by atoms with E-state index in [1.54, 1.807) is 6.07 Å². The standard InChI is InChI=1S/C10H15FN2/c1-7(2)13-8(3)10-5-4-9(11)6-12-10/h4-8,13H,1-3H3. The summed E-state index contributed by atoms with van der Waals surface area (Å²) in [4.78, 5) is 3.99. The molecule has 0 saturated carbocycles. The van der Waals surface area contributed by atoms with Gasteiger partial charge in [-0.15, -0.1) is 0 Å². The highest BCUT2D eigenvalue weighted by Gasteiger charge is 2.07. The summed E-state index contributed by atoms with van der Waals surface area (Å²) in [6, 6.07) is 3.71. The van der Waals surface area contributed by atoms with Gasteiger partial charge in [0.05, 0.1) is 11.9 Å². The maximum Gasteiger partial charge on any atom is 0.141 e. The third-order valence-electron chi connectivity index (χ3n) is 1.78. The van der Waals surface area contributed by atoms with E-state index in [0.29, 0.717) is 6.04 Å². The van der Waals surface area contributed by atoms with Crippen LogP contribution in [0.25, 0.3) is 0 Å². The average Bonchev–Trinajstić information content (AvgIpc) is 2.04. The summed E-state index contributed by atoms with van der Waals surface area (Å²) in [5.41, 5.74) is 0.870. The Bertz CT molecular complexity index is 256. The fraction of sp³-hybridized carbons (Fsp3) is 0.500. The van der Waals surface area contributed by atoms with Crippen LogP contribution in [0.1, 0.15) is 32.5 Å². The number of nitrogens with zero attached hydrogens (tertiary/aromatic N) is 1. The molecule has 1 unspecified atom stereocenters. The number of halogens is 1. The summed E-state index contributed by atoms with van der Waals surface area (Å²) >= 11 is 0. The van der Waals surface area contributed by atoms with Crippen LogP contribution in [0.4, 0.5) is 4.39 Å². The molecule has 0 aliphatic rings. The molecule has 0 bridgehead atoms. The second kappa shape index (κ2) is 4.33. The first-order valence-electron chi connectivity index (χ1n) is 4.47. The lowest BCUT2D eigenvalue weighted by Crippen LogP contribution is -2.26. The summed E-state index contributed by atoms with van der Waals surface area (Å²) in [6.07, 6.45) is 1.24. The molecule has 1 aromatic heterocycles. The third-order valence-corrected chi connectivity index (χ3v) is 1.78. The lowest BCUT2D eigenvalue weighted by molar-refractivity contribution is 0.495. The predicted octanol–water partition coefficient (Wildman–Crippen LogP) is 2.28. The molecule has 0 fully saturated rings. The van der Waals surface area contributed by atoms with Crippen LogP contribution in [0.15, 0.2) is 18.3 Å². The van der Waals surface area contributed by atoms with Crippen LogP contribution >= 0.6 is 0 Å². The molecule has 13 heavy (non-hydrogen) atoms. The zero-order valence-electron chi connectivity index (χ0n) is 8.21. The zero-order chi connectivity index (χ0) is 9.84. The molecule has 1 aromatic rings. The quantitative estimate of drug-likeness (QED) is 0.775. The van der Waals surface area contributed by atoms with Crippen molar-refractivity contribution in [3.8, 4) is 0 Å². The van der Waals surface area contributed by atoms with Gasteiger partial charge in [0.25, 0.3) is 0 Å². The van der Waals surface area contributed by atoms with Gasteiger partial charge >= 0.3 is 0 Å². The van der Waals surface area contributed by atoms with Crippen molar-refractivity contribution in [2.45, 2.75) is 32.9 Å². The van der Waals surface area contributed by atoms with Crippen LogP contribution in [0, 0.1) is 5.82 Å². The minimum absolute atomic E-state index is 0.167. The lowest BCUT2D eigenvalue weighted by atomic mass is 10.2. The number of hydrogen-bond donors (Lipinski definition) is 1. The first-order chi connectivity index (χ1) is 6.09. The molecule has 0 spiro atoms. The minimum atomic E-state index is -0.291. The summed E-state index contributed by atoms with van der Waals surface area (Å²) in [5, 5.41) is 3.29. The number of nitrogens with one attached hydrogen (secondary N) is 1. The summed E-state index contributed by atoms with van der Waals surface area (Å²) in [6.45, 7) is 6.15. The molecule has 1 rings (SSSR count). The molecule has 0 aliphatic carbocycles. The van der Waals surface area contributed by atoms with Crippen LogP contribution in [0.2, 0.25) is 0 Å². The van der Waals surface area contributed by atoms with Gasteiger partial charge in [0.15, 0.2) is 0 Å². The Morgan fingerprint density at radius 3 is 2.46 bits per heavy atom. The van der Waals surface area contributed by atoms with Gasteiger partial charge in [-0.05, 0) is 19.1 Å². The second-order valence-corrected chi connectivity index (χ2v) is 3.44. The summed E-state index contributed by atoms with van der Waals surface area (Å²) < 4.78 is 12.5. The zero-order valence-corrected chi connectivity index (χ0v) is 8.21. The van der Waals surface area contributed by atoms with E-state index in [4.69, 9.17) is 0 Å². The maximum atomic E-state index is 12.5. The highest BCUT2D eigenvalue weighted by atomic mass is 19.1. The molecule has 0 radical (unpaired) electrons. The normalized spacial score (nSPS) is 13.3. The third kappa shape index (κ3) is 3.11. The van der Waals surface area contributed by atoms with Crippen molar-refractivity contribution in [1.29, 1.82) is 0 Å². The Balaban J connectivity index is 2.66. The van der Waals surface area contributed by atoms with E-state index in [1.165, 1.54) is 12.3 Å². The van der Waals surface area contributed by atoms with E-state index in [1.807, 2.05) is 6.92 Å². The van der Waals surface area contributed by atoms with Gasteiger partial charge in [0.1, 0.15) is 5.82 Å². The number of hydrogen-bond acceptors (Lipinski definition) is 2. The number of aromatic nitrogens is 1. The van der Waals surface area contributed by atoms with Crippen LogP contribution in [-0.4, -0.2) is 11.0 Å². The molecule has 1 N–H and O–H groups in total. The van der Waals surface area contributed by atoms with Crippen LogP contribution in [0.5, 0.6) is 0 Å². The Morgan fingerprint density at radius 1 is 1.31 bits per heavy atom. The first kappa shape index (κ1) is 10.1. The maximum absolute atomic E-state index is 12.5. The molecule has 0 amide bonds. The first-order valence-corrected chi connectivity index (χ1v) is 4.47. The molecular formula is C10H15FN2. The Hall–Kier alpha value is -0.960. The highest BCUT2D eigenvalue weighted by molar-refractivity contribution is 5.08. The lowest BCUT2D eigenvalue weighted by Gasteiger charge is -2.15. The van der Waals surface area contributed by atoms with Gasteiger partial charge in [-0.1, -0.05) is 13.8 Å². The van der Waals surface area contributed by atoms with Crippen molar-refractivity contribution in [2.75, 3.05) is 0 Å². The van der Waals surface area contributed by atoms with Gasteiger partial charge in [-0.25, -0.2) is 4.39 Å². The molecule has 0 aliphatic heterocycles. The van der Waals surface area contributed by atoms with E-state index in [-0.39, 0.29) is 11.9 Å². The molecule has 3 heteroatoms. The fourth-order valence-electron chi connectivity index (χ4n) is 1.23. The molecule has 0 saturated heterocycles. The van der Waals surface area contributed by atoms with E-state index in [9.17, 15) is 4.39 Å².